The first-order chi connectivity index (χ1) is 9.79. The van der Waals surface area contributed by atoms with Gasteiger partial charge in [0.2, 0.25) is 0 Å². The lowest BCUT2D eigenvalue weighted by atomic mass is 10.3. The maximum atomic E-state index is 12.7. The van der Waals surface area contributed by atoms with Gasteiger partial charge in [-0.3, -0.25) is 0 Å². The summed E-state index contributed by atoms with van der Waals surface area (Å²) in [6.45, 7) is 1.04. The molecule has 0 bridgehead atoms. The molecule has 0 aliphatic carbocycles. The number of methoxy groups -OCH3 is 1. The normalized spacial score (nSPS) is 10.1. The first-order valence-electron chi connectivity index (χ1n) is 6.44. The van der Waals surface area contributed by atoms with Crippen molar-refractivity contribution < 1.29 is 18.6 Å². The fourth-order valence-electron chi connectivity index (χ4n) is 1.70. The Morgan fingerprint density at radius 2 is 1.50 bits per heavy atom. The van der Waals surface area contributed by atoms with Crippen LogP contribution in [0.25, 0.3) is 0 Å². The number of halogens is 1. The summed E-state index contributed by atoms with van der Waals surface area (Å²) in [4.78, 5) is 0. The molecular weight excluding hydrogens is 259 g/mol. The fraction of sp³-hybridized carbons (Fsp3) is 0.250. The molecule has 106 valence electrons. The Balaban J connectivity index is 1.70. The molecule has 4 heteroatoms. The Morgan fingerprint density at radius 3 is 2.20 bits per heavy atom. The molecule has 0 aliphatic rings. The number of ether oxygens (including phenoxy) is 3. The van der Waals surface area contributed by atoms with E-state index >= 15 is 0 Å². The van der Waals surface area contributed by atoms with Gasteiger partial charge in [0.1, 0.15) is 11.6 Å². The minimum absolute atomic E-state index is 0.267. The van der Waals surface area contributed by atoms with Gasteiger partial charge in [-0.05, 0) is 36.4 Å². The maximum Gasteiger partial charge on any atom is 0.161 e. The summed E-state index contributed by atoms with van der Waals surface area (Å²) in [7, 11) is 1.61. The molecule has 2 aromatic carbocycles. The molecule has 2 aromatic rings. The Kier molecular flexibility index (Phi) is 5.24. The van der Waals surface area contributed by atoms with Crippen LogP contribution in [0.4, 0.5) is 4.39 Å². The van der Waals surface area contributed by atoms with Crippen LogP contribution in [-0.4, -0.2) is 20.3 Å². The number of rotatable bonds is 7. The standard InChI is InChI=1S/C16H17FO3/c1-18-15-5-2-3-6-16(15)20-12-4-11-19-14-9-7-13(17)8-10-14/h2-3,5-10H,4,11-12H2,1H3. The topological polar surface area (TPSA) is 27.7 Å². The Hall–Kier alpha value is -2.23. The SMILES string of the molecule is COc1ccccc1OCCCOc1ccc(F)cc1. The second kappa shape index (κ2) is 7.38. The number of benzene rings is 2. The van der Waals surface area contributed by atoms with Crippen molar-refractivity contribution in [1.29, 1.82) is 0 Å². The van der Waals surface area contributed by atoms with Gasteiger partial charge in [0.15, 0.2) is 11.5 Å². The maximum absolute atomic E-state index is 12.7. The van der Waals surface area contributed by atoms with Crippen molar-refractivity contribution in [3.63, 3.8) is 0 Å². The molecule has 0 unspecified atom stereocenters. The Bertz CT molecular complexity index is 526. The smallest absolute Gasteiger partial charge is 0.161 e. The minimum atomic E-state index is -0.267. The molecule has 0 aliphatic heterocycles. The van der Waals surface area contributed by atoms with Crippen LogP contribution in [0.3, 0.4) is 0 Å². The molecule has 3 nitrogen and oxygen atoms in total. The average Bonchev–Trinajstić information content (AvgIpc) is 2.49. The molecule has 0 aromatic heterocycles. The third-order valence-corrected chi connectivity index (χ3v) is 2.70. The molecule has 0 radical (unpaired) electrons. The number of hydrogen-bond donors (Lipinski definition) is 0. The van der Waals surface area contributed by atoms with Crippen LogP contribution in [0, 0.1) is 5.82 Å². The van der Waals surface area contributed by atoms with Crippen LogP contribution in [0.1, 0.15) is 6.42 Å². The molecule has 0 N–H and O–H groups in total. The van der Waals surface area contributed by atoms with E-state index in [-0.39, 0.29) is 5.82 Å². The average molecular weight is 276 g/mol. The van der Waals surface area contributed by atoms with Gasteiger partial charge < -0.3 is 14.2 Å². The Morgan fingerprint density at radius 1 is 0.850 bits per heavy atom. The molecular formula is C16H17FO3. The van der Waals surface area contributed by atoms with Crippen molar-refractivity contribution >= 4 is 0 Å². The van der Waals surface area contributed by atoms with Gasteiger partial charge in [-0.1, -0.05) is 12.1 Å². The highest BCUT2D eigenvalue weighted by Crippen LogP contribution is 2.25. The van der Waals surface area contributed by atoms with E-state index in [0.717, 1.165) is 12.2 Å². The van der Waals surface area contributed by atoms with E-state index in [1.165, 1.54) is 12.1 Å². The first kappa shape index (κ1) is 14.2. The van der Waals surface area contributed by atoms with Crippen LogP contribution in [-0.2, 0) is 0 Å². The molecule has 0 atom stereocenters. The quantitative estimate of drug-likeness (QED) is 0.722. The molecule has 0 spiro atoms. The molecule has 0 heterocycles. The van der Waals surface area contributed by atoms with Gasteiger partial charge in [0.25, 0.3) is 0 Å². The Labute approximate surface area is 117 Å². The predicted octanol–water partition coefficient (Wildman–Crippen LogP) is 3.68. The van der Waals surface area contributed by atoms with Crippen LogP contribution in [0.2, 0.25) is 0 Å². The van der Waals surface area contributed by atoms with Gasteiger partial charge in [-0.15, -0.1) is 0 Å². The third kappa shape index (κ3) is 4.16. The van der Waals surface area contributed by atoms with Crippen LogP contribution >= 0.6 is 0 Å². The lowest BCUT2D eigenvalue weighted by molar-refractivity contribution is 0.240. The van der Waals surface area contributed by atoms with E-state index in [4.69, 9.17) is 14.2 Å². The summed E-state index contributed by atoms with van der Waals surface area (Å²) in [6, 6.07) is 13.5. The van der Waals surface area contributed by atoms with Crippen molar-refractivity contribution in [2.45, 2.75) is 6.42 Å². The van der Waals surface area contributed by atoms with E-state index in [1.807, 2.05) is 24.3 Å². The summed E-state index contributed by atoms with van der Waals surface area (Å²) in [6.07, 6.45) is 0.732. The summed E-state index contributed by atoms with van der Waals surface area (Å²) < 4.78 is 29.0. The van der Waals surface area contributed by atoms with Crippen LogP contribution in [0.5, 0.6) is 17.2 Å². The van der Waals surface area contributed by atoms with Gasteiger partial charge in [0.05, 0.1) is 20.3 Å². The summed E-state index contributed by atoms with van der Waals surface area (Å²) in [5.41, 5.74) is 0. The molecule has 0 amide bonds. The van der Waals surface area contributed by atoms with E-state index in [9.17, 15) is 4.39 Å². The lowest BCUT2D eigenvalue weighted by Crippen LogP contribution is -2.05. The van der Waals surface area contributed by atoms with E-state index < -0.39 is 0 Å². The van der Waals surface area contributed by atoms with Gasteiger partial charge >= 0.3 is 0 Å². The number of para-hydroxylation sites is 2. The highest BCUT2D eigenvalue weighted by Gasteiger charge is 2.02. The summed E-state index contributed by atoms with van der Waals surface area (Å²) >= 11 is 0. The van der Waals surface area contributed by atoms with Crippen molar-refractivity contribution in [1.82, 2.24) is 0 Å². The van der Waals surface area contributed by atoms with Crippen molar-refractivity contribution in [2.75, 3.05) is 20.3 Å². The van der Waals surface area contributed by atoms with Crippen molar-refractivity contribution in [2.24, 2.45) is 0 Å². The molecule has 20 heavy (non-hydrogen) atoms. The van der Waals surface area contributed by atoms with Gasteiger partial charge in [0, 0.05) is 6.42 Å². The zero-order chi connectivity index (χ0) is 14.2. The lowest BCUT2D eigenvalue weighted by Gasteiger charge is -2.10. The zero-order valence-electron chi connectivity index (χ0n) is 11.3. The van der Waals surface area contributed by atoms with E-state index in [0.29, 0.717) is 24.7 Å². The third-order valence-electron chi connectivity index (χ3n) is 2.70. The fourth-order valence-corrected chi connectivity index (χ4v) is 1.70. The number of hydrogen-bond acceptors (Lipinski definition) is 3. The van der Waals surface area contributed by atoms with E-state index in [2.05, 4.69) is 0 Å². The minimum Gasteiger partial charge on any atom is -0.493 e. The van der Waals surface area contributed by atoms with Crippen molar-refractivity contribution in [3.05, 3.63) is 54.3 Å². The second-order valence-corrected chi connectivity index (χ2v) is 4.16. The summed E-state index contributed by atoms with van der Waals surface area (Å²) in [5.74, 6) is 1.82. The van der Waals surface area contributed by atoms with E-state index in [1.54, 1.807) is 19.2 Å². The molecule has 0 fully saturated rings. The van der Waals surface area contributed by atoms with Gasteiger partial charge in [-0.25, -0.2) is 4.39 Å². The van der Waals surface area contributed by atoms with Crippen molar-refractivity contribution in [3.8, 4) is 17.2 Å². The monoisotopic (exact) mass is 276 g/mol. The van der Waals surface area contributed by atoms with Gasteiger partial charge in [-0.2, -0.15) is 0 Å². The predicted molar refractivity (Wildman–Crippen MR) is 75.0 cm³/mol. The highest BCUT2D eigenvalue weighted by molar-refractivity contribution is 5.39. The largest absolute Gasteiger partial charge is 0.493 e. The second-order valence-electron chi connectivity index (χ2n) is 4.16. The molecule has 0 saturated carbocycles. The summed E-state index contributed by atoms with van der Waals surface area (Å²) in [5, 5.41) is 0. The highest BCUT2D eigenvalue weighted by atomic mass is 19.1. The van der Waals surface area contributed by atoms with Crippen LogP contribution in [0.15, 0.2) is 48.5 Å². The molecule has 0 saturated heterocycles. The zero-order valence-corrected chi connectivity index (χ0v) is 11.3. The van der Waals surface area contributed by atoms with Crippen LogP contribution < -0.4 is 14.2 Å². The first-order valence-corrected chi connectivity index (χ1v) is 6.44. The molecule has 2 rings (SSSR count).